The molecule has 1 aliphatic heterocycles. The number of aromatic nitrogens is 3. The first-order chi connectivity index (χ1) is 12.1. The molecular formula is C18H15F2N3O2. The Bertz CT molecular complexity index is 933. The van der Waals surface area contributed by atoms with Crippen LogP contribution < -0.4 is 10.4 Å². The van der Waals surface area contributed by atoms with E-state index in [0.717, 1.165) is 17.8 Å². The summed E-state index contributed by atoms with van der Waals surface area (Å²) in [6, 6.07) is 15.7. The Labute approximate surface area is 142 Å². The van der Waals surface area contributed by atoms with Crippen LogP contribution in [-0.2, 0) is 6.42 Å². The minimum absolute atomic E-state index is 0.0288. The van der Waals surface area contributed by atoms with Crippen LogP contribution in [0.4, 0.5) is 8.78 Å². The van der Waals surface area contributed by atoms with Crippen molar-refractivity contribution in [1.29, 1.82) is 0 Å². The largest absolute Gasteiger partial charge is 0.435 e. The first-order valence-corrected chi connectivity index (χ1v) is 7.94. The molecule has 0 saturated carbocycles. The molecule has 0 saturated heterocycles. The average molecular weight is 343 g/mol. The molecule has 128 valence electrons. The van der Waals surface area contributed by atoms with Gasteiger partial charge in [-0.1, -0.05) is 30.3 Å². The van der Waals surface area contributed by atoms with Gasteiger partial charge in [0.15, 0.2) is 0 Å². The Balaban J connectivity index is 1.69. The van der Waals surface area contributed by atoms with Crippen LogP contribution in [0.1, 0.15) is 23.9 Å². The Hall–Kier alpha value is -2.96. The van der Waals surface area contributed by atoms with Crippen LogP contribution in [0, 0.1) is 0 Å². The number of halogens is 2. The monoisotopic (exact) mass is 343 g/mol. The molecule has 2 aromatic carbocycles. The second-order valence-electron chi connectivity index (χ2n) is 5.82. The van der Waals surface area contributed by atoms with E-state index in [9.17, 15) is 13.6 Å². The van der Waals surface area contributed by atoms with Crippen molar-refractivity contribution in [2.45, 2.75) is 25.5 Å². The zero-order valence-corrected chi connectivity index (χ0v) is 13.2. The van der Waals surface area contributed by atoms with Gasteiger partial charge in [-0.3, -0.25) is 4.57 Å². The maximum Gasteiger partial charge on any atom is 0.387 e. The zero-order valence-electron chi connectivity index (χ0n) is 13.2. The van der Waals surface area contributed by atoms with Crippen molar-refractivity contribution in [3.05, 3.63) is 76.5 Å². The fourth-order valence-corrected chi connectivity index (χ4v) is 3.23. The minimum atomic E-state index is -2.88. The predicted octanol–water partition coefficient (Wildman–Crippen LogP) is 3.17. The first kappa shape index (κ1) is 15.6. The van der Waals surface area contributed by atoms with E-state index in [1.807, 2.05) is 30.3 Å². The summed E-state index contributed by atoms with van der Waals surface area (Å²) in [5, 5.41) is 4.41. The first-order valence-electron chi connectivity index (χ1n) is 7.94. The van der Waals surface area contributed by atoms with Crippen molar-refractivity contribution in [1.82, 2.24) is 14.3 Å². The van der Waals surface area contributed by atoms with E-state index in [0.29, 0.717) is 12.1 Å². The summed E-state index contributed by atoms with van der Waals surface area (Å²) < 4.78 is 31.8. The van der Waals surface area contributed by atoms with Crippen LogP contribution in [0.25, 0.3) is 5.69 Å². The van der Waals surface area contributed by atoms with Gasteiger partial charge in [-0.2, -0.15) is 13.5 Å². The molecule has 1 atom stereocenters. The van der Waals surface area contributed by atoms with Gasteiger partial charge >= 0.3 is 12.3 Å². The Morgan fingerprint density at radius 3 is 2.48 bits per heavy atom. The topological polar surface area (TPSA) is 49.1 Å². The van der Waals surface area contributed by atoms with Crippen molar-refractivity contribution in [2.75, 3.05) is 0 Å². The van der Waals surface area contributed by atoms with Gasteiger partial charge in [-0.05, 0) is 36.2 Å². The Kier molecular flexibility index (Phi) is 3.83. The Morgan fingerprint density at radius 2 is 1.80 bits per heavy atom. The normalized spacial score (nSPS) is 16.2. The number of hydrogen-bond donors (Lipinski definition) is 0. The van der Waals surface area contributed by atoms with E-state index in [1.165, 1.54) is 16.8 Å². The van der Waals surface area contributed by atoms with Crippen LogP contribution in [0.2, 0.25) is 0 Å². The number of nitrogens with zero attached hydrogens (tertiary/aromatic N) is 3. The number of rotatable bonds is 4. The quantitative estimate of drug-likeness (QED) is 0.731. The maximum atomic E-state index is 12.8. The third-order valence-corrected chi connectivity index (χ3v) is 4.32. The number of alkyl halides is 2. The van der Waals surface area contributed by atoms with Crippen LogP contribution >= 0.6 is 0 Å². The minimum Gasteiger partial charge on any atom is -0.435 e. The molecule has 1 aromatic heterocycles. The number of fused-ring (bicyclic) bond motifs is 1. The maximum absolute atomic E-state index is 12.8. The standard InChI is InChI=1S/C18H15F2N3O2/c19-17(20)25-14-8-6-13(7-9-14)23-18(24)22-15(10-11-16(22)21-23)12-4-2-1-3-5-12/h1-9,15,17H,10-11H2/t15-/m0/s1. The third-order valence-electron chi connectivity index (χ3n) is 4.32. The predicted molar refractivity (Wildman–Crippen MR) is 87.4 cm³/mol. The number of hydrogen-bond acceptors (Lipinski definition) is 3. The molecule has 0 fully saturated rings. The molecule has 0 amide bonds. The SMILES string of the molecule is O=c1n(-c2ccc(OC(F)F)cc2)nc2n1[C@H](c1ccccc1)CC2. The summed E-state index contributed by atoms with van der Waals surface area (Å²) in [6.45, 7) is -2.88. The summed E-state index contributed by atoms with van der Waals surface area (Å²) in [5.74, 6) is 0.771. The van der Waals surface area contributed by atoms with E-state index < -0.39 is 6.61 Å². The molecule has 3 aromatic rings. The fraction of sp³-hybridized carbons (Fsp3) is 0.222. The molecule has 0 unspecified atom stereocenters. The number of benzene rings is 2. The van der Waals surface area contributed by atoms with Crippen LogP contribution in [0.3, 0.4) is 0 Å². The fourth-order valence-electron chi connectivity index (χ4n) is 3.23. The van der Waals surface area contributed by atoms with Gasteiger partial charge in [0.25, 0.3) is 0 Å². The number of ether oxygens (including phenoxy) is 1. The molecule has 4 rings (SSSR count). The van der Waals surface area contributed by atoms with Crippen molar-refractivity contribution < 1.29 is 13.5 Å². The lowest BCUT2D eigenvalue weighted by atomic mass is 10.1. The van der Waals surface area contributed by atoms with Gasteiger partial charge < -0.3 is 4.74 Å². The van der Waals surface area contributed by atoms with E-state index in [1.54, 1.807) is 16.7 Å². The highest BCUT2D eigenvalue weighted by Gasteiger charge is 2.29. The molecule has 25 heavy (non-hydrogen) atoms. The van der Waals surface area contributed by atoms with Crippen molar-refractivity contribution in [2.24, 2.45) is 0 Å². The summed E-state index contributed by atoms with van der Waals surface area (Å²) in [6.07, 6.45) is 1.55. The molecule has 2 heterocycles. The van der Waals surface area contributed by atoms with Gasteiger partial charge in [-0.15, -0.1) is 5.10 Å². The lowest BCUT2D eigenvalue weighted by Crippen LogP contribution is -2.26. The summed E-state index contributed by atoms with van der Waals surface area (Å²) in [5.41, 5.74) is 1.35. The molecule has 7 heteroatoms. The molecule has 0 bridgehead atoms. The van der Waals surface area contributed by atoms with Crippen LogP contribution in [0.5, 0.6) is 5.75 Å². The van der Waals surface area contributed by atoms with E-state index in [4.69, 9.17) is 0 Å². The van der Waals surface area contributed by atoms with E-state index in [2.05, 4.69) is 9.84 Å². The summed E-state index contributed by atoms with van der Waals surface area (Å²) >= 11 is 0. The van der Waals surface area contributed by atoms with E-state index in [-0.39, 0.29) is 17.5 Å². The van der Waals surface area contributed by atoms with E-state index >= 15 is 0 Å². The van der Waals surface area contributed by atoms with Gasteiger partial charge in [0.2, 0.25) is 0 Å². The number of aryl methyl sites for hydroxylation is 1. The smallest absolute Gasteiger partial charge is 0.387 e. The molecule has 5 nitrogen and oxygen atoms in total. The highest BCUT2D eigenvalue weighted by molar-refractivity contribution is 5.37. The second kappa shape index (κ2) is 6.16. The summed E-state index contributed by atoms with van der Waals surface area (Å²) in [7, 11) is 0. The third kappa shape index (κ3) is 2.82. The van der Waals surface area contributed by atoms with Crippen LogP contribution in [0.15, 0.2) is 59.4 Å². The average Bonchev–Trinajstić information content (AvgIpc) is 3.17. The van der Waals surface area contributed by atoms with Gasteiger partial charge in [0.05, 0.1) is 11.7 Å². The zero-order chi connectivity index (χ0) is 17.4. The van der Waals surface area contributed by atoms with Crippen LogP contribution in [-0.4, -0.2) is 21.0 Å². The lowest BCUT2D eigenvalue weighted by molar-refractivity contribution is -0.0498. The van der Waals surface area contributed by atoms with Crippen molar-refractivity contribution in [3.8, 4) is 11.4 Å². The lowest BCUT2D eigenvalue weighted by Gasteiger charge is -2.12. The molecule has 0 spiro atoms. The Morgan fingerprint density at radius 1 is 1.08 bits per heavy atom. The highest BCUT2D eigenvalue weighted by atomic mass is 19.3. The molecule has 0 N–H and O–H groups in total. The van der Waals surface area contributed by atoms with Gasteiger partial charge in [0, 0.05) is 6.42 Å². The molecule has 1 aliphatic rings. The highest BCUT2D eigenvalue weighted by Crippen LogP contribution is 2.29. The summed E-state index contributed by atoms with van der Waals surface area (Å²) in [4.78, 5) is 12.8. The molecular weight excluding hydrogens is 328 g/mol. The molecule has 0 radical (unpaired) electrons. The van der Waals surface area contributed by atoms with Gasteiger partial charge in [-0.25, -0.2) is 4.79 Å². The van der Waals surface area contributed by atoms with Crippen molar-refractivity contribution in [3.63, 3.8) is 0 Å². The molecule has 0 aliphatic carbocycles. The second-order valence-corrected chi connectivity index (χ2v) is 5.82. The van der Waals surface area contributed by atoms with Gasteiger partial charge in [0.1, 0.15) is 11.6 Å². The van der Waals surface area contributed by atoms with Crippen molar-refractivity contribution >= 4 is 0 Å².